The van der Waals surface area contributed by atoms with Crippen LogP contribution in [0.2, 0.25) is 0 Å². The van der Waals surface area contributed by atoms with E-state index in [4.69, 9.17) is 0 Å². The average molecular weight is 562 g/mol. The molecule has 2 aliphatic rings. The maximum atomic E-state index is 12.8. The van der Waals surface area contributed by atoms with E-state index < -0.39 is 0 Å². The molecule has 0 saturated heterocycles. The molecule has 2 aromatic carbocycles. The first-order valence-electron chi connectivity index (χ1n) is 10.7. The van der Waals surface area contributed by atoms with Crippen LogP contribution >= 0.6 is 22.7 Å². The SMILES string of the molecule is CN1C(=O)c2cccc(-c3cc4[se]c5cc(-c6cccc7c6C(=O)N(C)C7=O)sc5c4s3)c2C1=O. The van der Waals surface area contributed by atoms with Crippen molar-refractivity contribution < 1.29 is 19.2 Å². The van der Waals surface area contributed by atoms with Gasteiger partial charge in [-0.15, -0.1) is 0 Å². The second kappa shape index (κ2) is 7.08. The molecule has 5 heterocycles. The van der Waals surface area contributed by atoms with Crippen molar-refractivity contribution in [3.63, 3.8) is 0 Å². The third-order valence-corrected chi connectivity index (χ3v) is 11.9. The van der Waals surface area contributed by atoms with Gasteiger partial charge >= 0.3 is 213 Å². The zero-order valence-corrected chi connectivity index (χ0v) is 21.7. The second-order valence-corrected chi connectivity index (χ2v) is 12.9. The van der Waals surface area contributed by atoms with Gasteiger partial charge < -0.3 is 0 Å². The zero-order valence-electron chi connectivity index (χ0n) is 18.4. The van der Waals surface area contributed by atoms with E-state index in [9.17, 15) is 19.2 Å². The van der Waals surface area contributed by atoms with Crippen molar-refractivity contribution >= 4 is 78.7 Å². The molecule has 0 fully saturated rings. The molecule has 0 saturated carbocycles. The van der Waals surface area contributed by atoms with E-state index in [1.54, 1.807) is 34.8 Å². The van der Waals surface area contributed by atoms with Gasteiger partial charge in [0.15, 0.2) is 0 Å². The molecule has 9 heteroatoms. The van der Waals surface area contributed by atoms with Crippen LogP contribution in [0.3, 0.4) is 0 Å². The summed E-state index contributed by atoms with van der Waals surface area (Å²) in [7, 11) is 3.03. The number of fused-ring (bicyclic) bond motifs is 5. The maximum absolute atomic E-state index is 12.8. The molecule has 7 rings (SSSR count). The summed E-state index contributed by atoms with van der Waals surface area (Å²) in [5.74, 6) is -1.05. The number of carbonyl (C=O) groups is 4. The number of hydrogen-bond donors (Lipinski definition) is 0. The first-order valence-corrected chi connectivity index (χ1v) is 14.1. The van der Waals surface area contributed by atoms with Crippen molar-refractivity contribution in [1.29, 1.82) is 0 Å². The van der Waals surface area contributed by atoms with E-state index in [-0.39, 0.29) is 38.1 Å². The van der Waals surface area contributed by atoms with Crippen LogP contribution in [0.1, 0.15) is 41.4 Å². The predicted octanol–water partition coefficient (Wildman–Crippen LogP) is 4.96. The Balaban J connectivity index is 1.38. The molecule has 3 aromatic heterocycles. The van der Waals surface area contributed by atoms with Gasteiger partial charge in [0.25, 0.3) is 0 Å². The third-order valence-electron chi connectivity index (χ3n) is 6.59. The van der Waals surface area contributed by atoms with Crippen molar-refractivity contribution in [2.24, 2.45) is 0 Å². The van der Waals surface area contributed by atoms with Gasteiger partial charge in [0.05, 0.1) is 0 Å². The summed E-state index contributed by atoms with van der Waals surface area (Å²) >= 11 is 3.37. The van der Waals surface area contributed by atoms with E-state index in [1.807, 2.05) is 24.3 Å². The van der Waals surface area contributed by atoms with Gasteiger partial charge in [0.1, 0.15) is 0 Å². The molecule has 6 nitrogen and oxygen atoms in total. The van der Waals surface area contributed by atoms with Crippen molar-refractivity contribution in [2.75, 3.05) is 14.1 Å². The Bertz CT molecular complexity index is 1700. The summed E-state index contributed by atoms with van der Waals surface area (Å²) in [5.41, 5.74) is 3.46. The summed E-state index contributed by atoms with van der Waals surface area (Å²) in [5, 5.41) is 0. The average Bonchev–Trinajstić information content (AvgIpc) is 3.62. The van der Waals surface area contributed by atoms with Crippen molar-refractivity contribution in [3.05, 3.63) is 70.8 Å². The monoisotopic (exact) mass is 562 g/mol. The molecular formula is C26H14N2O4S2Se. The van der Waals surface area contributed by atoms with E-state index in [2.05, 4.69) is 12.1 Å². The fraction of sp³-hybridized carbons (Fsp3) is 0.0769. The molecule has 0 aliphatic carbocycles. The molecule has 4 amide bonds. The molecule has 0 spiro atoms. The standard InChI is InChI=1S/C26H14N2O4S2Se/c1-27-23(29)13-7-3-5-11(19(13)25(27)31)15-9-17-21(33-15)22-18(35-17)10-16(34-22)12-6-4-8-14-20(12)26(32)28(2)24(14)30/h3-10H,1-2H3. The Morgan fingerprint density at radius 1 is 0.600 bits per heavy atom. The van der Waals surface area contributed by atoms with Crippen molar-refractivity contribution in [3.8, 4) is 20.9 Å². The number of rotatable bonds is 2. The van der Waals surface area contributed by atoms with Gasteiger partial charge in [-0.2, -0.15) is 0 Å². The van der Waals surface area contributed by atoms with E-state index in [1.165, 1.54) is 41.8 Å². The van der Waals surface area contributed by atoms with Gasteiger partial charge in [-0.25, -0.2) is 0 Å². The van der Waals surface area contributed by atoms with Crippen LogP contribution < -0.4 is 0 Å². The number of benzene rings is 2. The minimum atomic E-state index is -0.264. The number of amides is 4. The second-order valence-electron chi connectivity index (χ2n) is 8.51. The number of carbonyl (C=O) groups excluding carboxylic acids is 4. The van der Waals surface area contributed by atoms with E-state index in [0.29, 0.717) is 22.3 Å². The Labute approximate surface area is 212 Å². The van der Waals surface area contributed by atoms with E-state index >= 15 is 0 Å². The molecule has 35 heavy (non-hydrogen) atoms. The minimum absolute atomic E-state index is 0.0946. The first kappa shape index (κ1) is 21.0. The van der Waals surface area contributed by atoms with Crippen molar-refractivity contribution in [1.82, 2.24) is 9.80 Å². The van der Waals surface area contributed by atoms with Gasteiger partial charge in [0, 0.05) is 0 Å². The van der Waals surface area contributed by atoms with Gasteiger partial charge in [-0.05, 0) is 0 Å². The number of imide groups is 2. The first-order chi connectivity index (χ1) is 16.8. The van der Waals surface area contributed by atoms with Crippen molar-refractivity contribution in [2.45, 2.75) is 0 Å². The van der Waals surface area contributed by atoms with Crippen LogP contribution in [-0.2, 0) is 0 Å². The molecule has 170 valence electrons. The van der Waals surface area contributed by atoms with Gasteiger partial charge in [0.2, 0.25) is 0 Å². The van der Waals surface area contributed by atoms with Crippen LogP contribution in [0.25, 0.3) is 38.8 Å². The van der Waals surface area contributed by atoms with Crippen LogP contribution in [-0.4, -0.2) is 62.0 Å². The summed E-state index contributed by atoms with van der Waals surface area (Å²) in [4.78, 5) is 54.7. The fourth-order valence-electron chi connectivity index (χ4n) is 4.81. The Morgan fingerprint density at radius 2 is 1.00 bits per heavy atom. The van der Waals surface area contributed by atoms with Gasteiger partial charge in [-0.1, -0.05) is 0 Å². The Kier molecular flexibility index (Phi) is 4.24. The van der Waals surface area contributed by atoms with Crippen LogP contribution in [0.4, 0.5) is 0 Å². The molecule has 0 bridgehead atoms. The summed E-state index contributed by atoms with van der Waals surface area (Å²) in [6.45, 7) is 0. The molecule has 0 atom stereocenters. The molecule has 0 radical (unpaired) electrons. The number of hydrogen-bond acceptors (Lipinski definition) is 6. The summed E-state index contributed by atoms with van der Waals surface area (Å²) in [6.07, 6.45) is 0. The number of thiophene rings is 2. The molecule has 0 N–H and O–H groups in total. The summed E-state index contributed by atoms with van der Waals surface area (Å²) in [6, 6.07) is 15.2. The molecular weight excluding hydrogens is 547 g/mol. The normalized spacial score (nSPS) is 15.3. The molecule has 0 unspecified atom stereocenters. The molecule has 2 aliphatic heterocycles. The zero-order chi connectivity index (χ0) is 24.2. The quantitative estimate of drug-likeness (QED) is 0.226. The van der Waals surface area contributed by atoms with E-state index in [0.717, 1.165) is 20.9 Å². The summed E-state index contributed by atoms with van der Waals surface area (Å²) < 4.78 is 4.89. The fourth-order valence-corrected chi connectivity index (χ4v) is 10.8. The number of nitrogens with zero attached hydrogens (tertiary/aromatic N) is 2. The van der Waals surface area contributed by atoms with Crippen LogP contribution in [0.15, 0.2) is 48.5 Å². The van der Waals surface area contributed by atoms with Crippen LogP contribution in [0, 0.1) is 0 Å². The molecule has 5 aromatic rings. The topological polar surface area (TPSA) is 74.8 Å². The van der Waals surface area contributed by atoms with Crippen LogP contribution in [0.5, 0.6) is 0 Å². The predicted molar refractivity (Wildman–Crippen MR) is 138 cm³/mol. The Hall–Kier alpha value is -3.36. The van der Waals surface area contributed by atoms with Gasteiger partial charge in [-0.3, -0.25) is 0 Å². The Morgan fingerprint density at radius 3 is 1.43 bits per heavy atom. The third kappa shape index (κ3) is 2.69.